The van der Waals surface area contributed by atoms with E-state index >= 15 is 0 Å². The minimum atomic E-state index is -0.162. The Kier molecular flexibility index (Phi) is 5.28. The molecule has 2 aromatic heterocycles. The molecule has 8 heteroatoms. The SMILES string of the molecule is COc1ccc(C2COCCO2)c2sc(NC(=O)Cc3ccccn3)nc12. The third-order valence-corrected chi connectivity index (χ3v) is 5.25. The van der Waals surface area contributed by atoms with Crippen LogP contribution in [0.3, 0.4) is 0 Å². The zero-order valence-electron chi connectivity index (χ0n) is 14.8. The smallest absolute Gasteiger partial charge is 0.232 e. The molecule has 1 atom stereocenters. The second-order valence-corrected chi connectivity index (χ2v) is 7.03. The van der Waals surface area contributed by atoms with Crippen LogP contribution in [0, 0.1) is 0 Å². The fraction of sp³-hybridized carbons (Fsp3) is 0.316. The van der Waals surface area contributed by atoms with E-state index in [4.69, 9.17) is 14.2 Å². The van der Waals surface area contributed by atoms with Gasteiger partial charge in [-0.2, -0.15) is 0 Å². The molecule has 1 amide bonds. The van der Waals surface area contributed by atoms with Crippen molar-refractivity contribution in [2.75, 3.05) is 32.2 Å². The Morgan fingerprint density at radius 3 is 3.00 bits per heavy atom. The van der Waals surface area contributed by atoms with E-state index in [1.807, 2.05) is 30.3 Å². The molecular formula is C19H19N3O4S. The number of hydrogen-bond donors (Lipinski definition) is 1. The number of benzene rings is 1. The molecule has 1 fully saturated rings. The van der Waals surface area contributed by atoms with Gasteiger partial charge < -0.3 is 19.5 Å². The van der Waals surface area contributed by atoms with Crippen LogP contribution >= 0.6 is 11.3 Å². The average Bonchev–Trinajstić information content (AvgIpc) is 3.12. The Morgan fingerprint density at radius 1 is 1.33 bits per heavy atom. The summed E-state index contributed by atoms with van der Waals surface area (Å²) in [6.07, 6.45) is 1.72. The van der Waals surface area contributed by atoms with Crippen molar-refractivity contribution in [1.82, 2.24) is 9.97 Å². The van der Waals surface area contributed by atoms with Crippen LogP contribution in [0.2, 0.25) is 0 Å². The van der Waals surface area contributed by atoms with Gasteiger partial charge >= 0.3 is 0 Å². The molecule has 0 radical (unpaired) electrons. The van der Waals surface area contributed by atoms with E-state index in [0.717, 1.165) is 10.3 Å². The molecule has 1 N–H and O–H groups in total. The number of thiazole rings is 1. The van der Waals surface area contributed by atoms with E-state index in [0.29, 0.717) is 41.9 Å². The standard InChI is InChI=1S/C19H19N3O4S/c1-24-14-6-5-13(15-11-25-8-9-26-15)18-17(14)22-19(27-18)21-16(23)10-12-4-2-3-7-20-12/h2-7,15H,8-11H2,1H3,(H,21,22,23). The lowest BCUT2D eigenvalue weighted by Crippen LogP contribution is -2.21. The van der Waals surface area contributed by atoms with Crippen LogP contribution in [0.25, 0.3) is 10.2 Å². The minimum Gasteiger partial charge on any atom is -0.494 e. The van der Waals surface area contributed by atoms with Crippen LogP contribution in [-0.4, -0.2) is 42.8 Å². The molecule has 3 heterocycles. The monoisotopic (exact) mass is 385 g/mol. The topological polar surface area (TPSA) is 82.6 Å². The maximum Gasteiger partial charge on any atom is 0.232 e. The maximum atomic E-state index is 12.3. The lowest BCUT2D eigenvalue weighted by Gasteiger charge is -2.23. The quantitative estimate of drug-likeness (QED) is 0.727. The Morgan fingerprint density at radius 2 is 2.26 bits per heavy atom. The highest BCUT2D eigenvalue weighted by Gasteiger charge is 2.23. The highest BCUT2D eigenvalue weighted by atomic mass is 32.1. The van der Waals surface area contributed by atoms with Crippen LogP contribution in [0.15, 0.2) is 36.5 Å². The Bertz CT molecular complexity index is 939. The van der Waals surface area contributed by atoms with Gasteiger partial charge in [-0.3, -0.25) is 9.78 Å². The number of pyridine rings is 1. The predicted molar refractivity (Wildman–Crippen MR) is 102 cm³/mol. The molecule has 3 aromatic rings. The van der Waals surface area contributed by atoms with Crippen molar-refractivity contribution < 1.29 is 19.0 Å². The highest BCUT2D eigenvalue weighted by molar-refractivity contribution is 7.22. The first-order valence-electron chi connectivity index (χ1n) is 8.61. The van der Waals surface area contributed by atoms with Gasteiger partial charge in [0.2, 0.25) is 5.91 Å². The molecule has 140 valence electrons. The van der Waals surface area contributed by atoms with Crippen LogP contribution in [-0.2, 0) is 20.7 Å². The molecular weight excluding hydrogens is 366 g/mol. The normalized spacial score (nSPS) is 17.0. The Hall–Kier alpha value is -2.55. The molecule has 0 saturated carbocycles. The largest absolute Gasteiger partial charge is 0.494 e. The lowest BCUT2D eigenvalue weighted by molar-refractivity contribution is -0.115. The van der Waals surface area contributed by atoms with Gasteiger partial charge in [-0.25, -0.2) is 4.98 Å². The maximum absolute atomic E-state index is 12.3. The van der Waals surface area contributed by atoms with E-state index in [1.54, 1.807) is 13.3 Å². The molecule has 0 bridgehead atoms. The molecule has 1 aliphatic heterocycles. The summed E-state index contributed by atoms with van der Waals surface area (Å²) in [5.74, 6) is 0.498. The number of nitrogens with one attached hydrogen (secondary N) is 1. The first kappa shape index (κ1) is 17.8. The van der Waals surface area contributed by atoms with Gasteiger partial charge in [0, 0.05) is 17.5 Å². The zero-order chi connectivity index (χ0) is 18.6. The van der Waals surface area contributed by atoms with Crippen LogP contribution in [0.4, 0.5) is 5.13 Å². The summed E-state index contributed by atoms with van der Waals surface area (Å²) in [6.45, 7) is 1.67. The number of rotatable bonds is 5. The lowest BCUT2D eigenvalue weighted by atomic mass is 10.1. The second-order valence-electron chi connectivity index (χ2n) is 6.03. The number of anilines is 1. The molecule has 1 aromatic carbocycles. The highest BCUT2D eigenvalue weighted by Crippen LogP contribution is 2.39. The van der Waals surface area contributed by atoms with Gasteiger partial charge in [-0.1, -0.05) is 23.5 Å². The summed E-state index contributed by atoms with van der Waals surface area (Å²) in [7, 11) is 1.60. The van der Waals surface area contributed by atoms with E-state index in [-0.39, 0.29) is 18.4 Å². The number of nitrogens with zero attached hydrogens (tertiary/aromatic N) is 2. The molecule has 27 heavy (non-hydrogen) atoms. The van der Waals surface area contributed by atoms with Crippen molar-refractivity contribution in [3.8, 4) is 5.75 Å². The summed E-state index contributed by atoms with van der Waals surface area (Å²) in [6, 6.07) is 9.34. The summed E-state index contributed by atoms with van der Waals surface area (Å²) >= 11 is 1.41. The van der Waals surface area contributed by atoms with Gasteiger partial charge in [0.25, 0.3) is 0 Å². The second kappa shape index (κ2) is 7.99. The number of aromatic nitrogens is 2. The van der Waals surface area contributed by atoms with E-state index in [2.05, 4.69) is 15.3 Å². The van der Waals surface area contributed by atoms with E-state index in [1.165, 1.54) is 11.3 Å². The molecule has 1 aliphatic rings. The van der Waals surface area contributed by atoms with Crippen molar-refractivity contribution in [2.45, 2.75) is 12.5 Å². The number of hydrogen-bond acceptors (Lipinski definition) is 7. The molecule has 1 saturated heterocycles. The molecule has 0 spiro atoms. The van der Waals surface area contributed by atoms with Gasteiger partial charge in [0.05, 0.1) is 38.1 Å². The fourth-order valence-corrected chi connectivity index (χ4v) is 4.03. The molecule has 0 aliphatic carbocycles. The van der Waals surface area contributed by atoms with E-state index in [9.17, 15) is 4.79 Å². The third-order valence-electron chi connectivity index (χ3n) is 4.23. The Labute approximate surface area is 160 Å². The van der Waals surface area contributed by atoms with Crippen LogP contribution in [0.1, 0.15) is 17.4 Å². The minimum absolute atomic E-state index is 0.148. The summed E-state index contributed by atoms with van der Waals surface area (Å²) in [5, 5.41) is 3.38. The summed E-state index contributed by atoms with van der Waals surface area (Å²) < 4.78 is 17.7. The molecule has 7 nitrogen and oxygen atoms in total. The van der Waals surface area contributed by atoms with Crippen molar-refractivity contribution in [1.29, 1.82) is 0 Å². The first-order chi connectivity index (χ1) is 13.2. The Balaban J connectivity index is 1.61. The van der Waals surface area contributed by atoms with Crippen molar-refractivity contribution >= 4 is 32.6 Å². The van der Waals surface area contributed by atoms with Crippen molar-refractivity contribution in [3.63, 3.8) is 0 Å². The molecule has 1 unspecified atom stereocenters. The molecule has 4 rings (SSSR count). The number of carbonyl (C=O) groups is 1. The summed E-state index contributed by atoms with van der Waals surface area (Å²) in [4.78, 5) is 21.1. The third kappa shape index (κ3) is 3.92. The number of amides is 1. The van der Waals surface area contributed by atoms with Crippen LogP contribution in [0.5, 0.6) is 5.75 Å². The summed E-state index contributed by atoms with van der Waals surface area (Å²) in [5.41, 5.74) is 2.41. The average molecular weight is 385 g/mol. The fourth-order valence-electron chi connectivity index (χ4n) is 2.97. The van der Waals surface area contributed by atoms with Crippen molar-refractivity contribution in [3.05, 3.63) is 47.8 Å². The number of fused-ring (bicyclic) bond motifs is 1. The first-order valence-corrected chi connectivity index (χ1v) is 9.43. The van der Waals surface area contributed by atoms with Gasteiger partial charge in [-0.05, 0) is 18.2 Å². The number of methoxy groups -OCH3 is 1. The van der Waals surface area contributed by atoms with Gasteiger partial charge in [0.1, 0.15) is 17.4 Å². The van der Waals surface area contributed by atoms with Crippen molar-refractivity contribution in [2.24, 2.45) is 0 Å². The zero-order valence-corrected chi connectivity index (χ0v) is 15.6. The predicted octanol–water partition coefficient (Wildman–Crippen LogP) is 2.97. The van der Waals surface area contributed by atoms with Gasteiger partial charge in [0.15, 0.2) is 5.13 Å². The van der Waals surface area contributed by atoms with Crippen LogP contribution < -0.4 is 10.1 Å². The van der Waals surface area contributed by atoms with Gasteiger partial charge in [-0.15, -0.1) is 0 Å². The number of ether oxygens (including phenoxy) is 3. The van der Waals surface area contributed by atoms with E-state index < -0.39 is 0 Å². The number of carbonyl (C=O) groups excluding carboxylic acids is 1.